The van der Waals surface area contributed by atoms with E-state index in [9.17, 15) is 13.6 Å². The highest BCUT2D eigenvalue weighted by atomic mass is 32.2. The molecule has 2 N–H and O–H groups in total. The first kappa shape index (κ1) is 12.3. The maximum atomic E-state index is 13.3. The fourth-order valence-corrected chi connectivity index (χ4v) is 2.48. The minimum absolute atomic E-state index is 0.0772. The van der Waals surface area contributed by atoms with Gasteiger partial charge in [-0.2, -0.15) is 0 Å². The molecule has 1 amide bonds. The van der Waals surface area contributed by atoms with E-state index < -0.39 is 11.6 Å². The second-order valence-electron chi connectivity index (χ2n) is 3.73. The molecule has 17 heavy (non-hydrogen) atoms. The van der Waals surface area contributed by atoms with Gasteiger partial charge in [-0.25, -0.2) is 8.78 Å². The van der Waals surface area contributed by atoms with Crippen molar-refractivity contribution in [1.29, 1.82) is 0 Å². The van der Waals surface area contributed by atoms with Crippen LogP contribution in [0.3, 0.4) is 0 Å². The van der Waals surface area contributed by atoms with Gasteiger partial charge in [0.15, 0.2) is 0 Å². The van der Waals surface area contributed by atoms with Crippen LogP contribution in [0.25, 0.3) is 0 Å². The van der Waals surface area contributed by atoms with E-state index in [2.05, 4.69) is 10.6 Å². The van der Waals surface area contributed by atoms with Crippen molar-refractivity contribution in [2.45, 2.75) is 12.6 Å². The van der Waals surface area contributed by atoms with Gasteiger partial charge >= 0.3 is 0 Å². The zero-order chi connectivity index (χ0) is 12.3. The van der Waals surface area contributed by atoms with Crippen LogP contribution in [0.5, 0.6) is 0 Å². The van der Waals surface area contributed by atoms with Crippen LogP contribution >= 0.6 is 11.8 Å². The number of thioether (sulfide) groups is 1. The molecule has 1 aromatic rings. The Balaban J connectivity index is 1.90. The van der Waals surface area contributed by atoms with Crippen LogP contribution in [-0.2, 0) is 11.3 Å². The highest BCUT2D eigenvalue weighted by molar-refractivity contribution is 7.99. The van der Waals surface area contributed by atoms with Crippen LogP contribution in [0.4, 0.5) is 8.78 Å². The lowest BCUT2D eigenvalue weighted by Gasteiger charge is -2.10. The molecular formula is C11H12F2N2OS. The van der Waals surface area contributed by atoms with Gasteiger partial charge in [-0.05, 0) is 6.07 Å². The predicted octanol–water partition coefficient (Wildman–Crippen LogP) is 1.24. The molecule has 1 atom stereocenters. The van der Waals surface area contributed by atoms with Gasteiger partial charge in [-0.1, -0.05) is 6.07 Å². The fraction of sp³-hybridized carbons (Fsp3) is 0.364. The van der Waals surface area contributed by atoms with Crippen LogP contribution in [-0.4, -0.2) is 23.6 Å². The number of hydrogen-bond donors (Lipinski definition) is 2. The average Bonchev–Trinajstić information content (AvgIpc) is 2.81. The lowest BCUT2D eigenvalue weighted by atomic mass is 10.2. The zero-order valence-electron chi connectivity index (χ0n) is 9.00. The number of carbonyl (C=O) groups is 1. The number of amides is 1. The van der Waals surface area contributed by atoms with Gasteiger partial charge in [-0.15, -0.1) is 11.8 Å². The van der Waals surface area contributed by atoms with Gasteiger partial charge in [0.2, 0.25) is 5.91 Å². The molecule has 1 heterocycles. The highest BCUT2D eigenvalue weighted by Crippen LogP contribution is 2.11. The van der Waals surface area contributed by atoms with Crippen molar-refractivity contribution in [1.82, 2.24) is 10.6 Å². The van der Waals surface area contributed by atoms with Gasteiger partial charge < -0.3 is 5.32 Å². The molecule has 6 heteroatoms. The van der Waals surface area contributed by atoms with Gasteiger partial charge in [0.25, 0.3) is 0 Å². The Morgan fingerprint density at radius 3 is 3.00 bits per heavy atom. The summed E-state index contributed by atoms with van der Waals surface area (Å²) in [7, 11) is 0. The molecule has 0 spiro atoms. The van der Waals surface area contributed by atoms with Crippen molar-refractivity contribution in [3.8, 4) is 0 Å². The summed E-state index contributed by atoms with van der Waals surface area (Å²) in [6.07, 6.45) is 0. The molecule has 0 saturated carbocycles. The van der Waals surface area contributed by atoms with E-state index in [0.717, 1.165) is 17.7 Å². The zero-order valence-corrected chi connectivity index (χ0v) is 9.82. The van der Waals surface area contributed by atoms with E-state index in [4.69, 9.17) is 0 Å². The topological polar surface area (TPSA) is 41.1 Å². The average molecular weight is 258 g/mol. The number of nitrogens with one attached hydrogen (secondary N) is 2. The quantitative estimate of drug-likeness (QED) is 0.857. The number of rotatable bonds is 3. The third-order valence-electron chi connectivity index (χ3n) is 2.50. The minimum Gasteiger partial charge on any atom is -0.351 e. The first-order chi connectivity index (χ1) is 8.16. The Morgan fingerprint density at radius 1 is 1.53 bits per heavy atom. The van der Waals surface area contributed by atoms with E-state index in [1.807, 2.05) is 0 Å². The summed E-state index contributed by atoms with van der Waals surface area (Å²) in [6.45, 7) is 0.0772. The summed E-state index contributed by atoms with van der Waals surface area (Å²) >= 11 is 1.64. The summed E-state index contributed by atoms with van der Waals surface area (Å²) in [5, 5.41) is 5.64. The van der Waals surface area contributed by atoms with Crippen molar-refractivity contribution in [3.63, 3.8) is 0 Å². The Kier molecular flexibility index (Phi) is 3.96. The van der Waals surface area contributed by atoms with Gasteiger partial charge in [0.05, 0.1) is 6.04 Å². The molecule has 1 unspecified atom stereocenters. The number of carbonyl (C=O) groups excluding carboxylic acids is 1. The van der Waals surface area contributed by atoms with Gasteiger partial charge in [0, 0.05) is 29.8 Å². The third kappa shape index (κ3) is 3.17. The van der Waals surface area contributed by atoms with Crippen molar-refractivity contribution in [2.24, 2.45) is 0 Å². The lowest BCUT2D eigenvalue weighted by Crippen LogP contribution is -2.41. The van der Waals surface area contributed by atoms with E-state index in [-0.39, 0.29) is 24.1 Å². The molecule has 1 aliphatic rings. The van der Waals surface area contributed by atoms with Crippen molar-refractivity contribution < 1.29 is 13.6 Å². The summed E-state index contributed by atoms with van der Waals surface area (Å²) in [6, 6.07) is 3.10. The number of halogens is 2. The highest BCUT2D eigenvalue weighted by Gasteiger charge is 2.22. The van der Waals surface area contributed by atoms with Crippen LogP contribution < -0.4 is 10.6 Å². The maximum Gasteiger partial charge on any atom is 0.238 e. The molecule has 92 valence electrons. The first-order valence-electron chi connectivity index (χ1n) is 5.19. The lowest BCUT2D eigenvalue weighted by molar-refractivity contribution is -0.122. The van der Waals surface area contributed by atoms with E-state index in [1.54, 1.807) is 11.8 Å². The van der Waals surface area contributed by atoms with Crippen molar-refractivity contribution >= 4 is 17.7 Å². The largest absolute Gasteiger partial charge is 0.351 e. The Bertz CT molecular complexity index is 422. The smallest absolute Gasteiger partial charge is 0.238 e. The molecule has 0 aromatic heterocycles. The molecule has 0 radical (unpaired) electrons. The molecule has 0 bridgehead atoms. The summed E-state index contributed by atoms with van der Waals surface area (Å²) in [5.41, 5.74) is 0.283. The maximum absolute atomic E-state index is 13.3. The van der Waals surface area contributed by atoms with Crippen LogP contribution in [0.1, 0.15) is 5.56 Å². The van der Waals surface area contributed by atoms with Crippen molar-refractivity contribution in [3.05, 3.63) is 35.4 Å². The Hall–Kier alpha value is -1.14. The Morgan fingerprint density at radius 2 is 2.35 bits per heavy atom. The normalized spacial score (nSPS) is 19.3. The van der Waals surface area contributed by atoms with Crippen LogP contribution in [0, 0.1) is 11.6 Å². The van der Waals surface area contributed by atoms with Crippen molar-refractivity contribution in [2.75, 3.05) is 11.6 Å². The second-order valence-corrected chi connectivity index (χ2v) is 4.76. The molecule has 0 aliphatic carbocycles. The van der Waals surface area contributed by atoms with Crippen LogP contribution in [0.15, 0.2) is 18.2 Å². The predicted molar refractivity (Wildman–Crippen MR) is 62.5 cm³/mol. The molecule has 1 saturated heterocycles. The standard InChI is InChI=1S/C11H12F2N2OS/c12-8-2-1-7(9(13)3-8)4-14-11(16)10-5-17-6-15-10/h1-3,10,15H,4-6H2,(H,14,16). The van der Waals surface area contributed by atoms with Gasteiger partial charge in [-0.3, -0.25) is 10.1 Å². The Labute approximate surface area is 102 Å². The number of hydrogen-bond acceptors (Lipinski definition) is 3. The number of benzene rings is 1. The molecule has 2 rings (SSSR count). The second kappa shape index (κ2) is 5.46. The molecule has 1 fully saturated rings. The summed E-state index contributed by atoms with van der Waals surface area (Å²) < 4.78 is 25.9. The fourth-order valence-electron chi connectivity index (χ4n) is 1.53. The van der Waals surface area contributed by atoms with Gasteiger partial charge in [0.1, 0.15) is 11.6 Å². The minimum atomic E-state index is -0.640. The molecule has 3 nitrogen and oxygen atoms in total. The van der Waals surface area contributed by atoms with E-state index in [0.29, 0.717) is 0 Å². The molecular weight excluding hydrogens is 246 g/mol. The summed E-state index contributed by atoms with van der Waals surface area (Å²) in [5.74, 6) is 0.0602. The molecule has 1 aromatic carbocycles. The monoisotopic (exact) mass is 258 g/mol. The first-order valence-corrected chi connectivity index (χ1v) is 6.35. The van der Waals surface area contributed by atoms with Crippen LogP contribution in [0.2, 0.25) is 0 Å². The SMILES string of the molecule is O=C(NCc1ccc(F)cc1F)C1CSCN1. The third-order valence-corrected chi connectivity index (χ3v) is 3.44. The summed E-state index contributed by atoms with van der Waals surface area (Å²) in [4.78, 5) is 11.6. The van der Waals surface area contributed by atoms with E-state index >= 15 is 0 Å². The van der Waals surface area contributed by atoms with E-state index in [1.165, 1.54) is 12.1 Å². The molecule has 1 aliphatic heterocycles.